The summed E-state index contributed by atoms with van der Waals surface area (Å²) in [6.07, 6.45) is 3.23. The van der Waals surface area contributed by atoms with Gasteiger partial charge in [0.2, 0.25) is 0 Å². The molecular formula is C17H18BrClFN. The van der Waals surface area contributed by atoms with Crippen molar-refractivity contribution < 1.29 is 4.39 Å². The Morgan fingerprint density at radius 2 is 1.90 bits per heavy atom. The molecule has 21 heavy (non-hydrogen) atoms. The molecule has 4 heteroatoms. The second kappa shape index (κ2) is 7.81. The zero-order valence-electron chi connectivity index (χ0n) is 11.9. The van der Waals surface area contributed by atoms with E-state index in [4.69, 9.17) is 11.6 Å². The maximum Gasteiger partial charge on any atom is 0.123 e. The Hall–Kier alpha value is -1.06. The molecule has 0 fully saturated rings. The maximum atomic E-state index is 13.1. The predicted molar refractivity (Wildman–Crippen MR) is 91.4 cm³/mol. The quantitative estimate of drug-likeness (QED) is 0.605. The first kappa shape index (κ1) is 16.3. The molecule has 1 N–H and O–H groups in total. The summed E-state index contributed by atoms with van der Waals surface area (Å²) in [5.41, 5.74) is 2.05. The lowest BCUT2D eigenvalue weighted by atomic mass is 10.0. The van der Waals surface area contributed by atoms with Crippen molar-refractivity contribution in [2.45, 2.75) is 32.2 Å². The van der Waals surface area contributed by atoms with Gasteiger partial charge in [-0.1, -0.05) is 43.5 Å². The monoisotopic (exact) mass is 369 g/mol. The van der Waals surface area contributed by atoms with E-state index in [1.165, 1.54) is 12.1 Å². The summed E-state index contributed by atoms with van der Waals surface area (Å²) < 4.78 is 14.0. The van der Waals surface area contributed by atoms with Crippen molar-refractivity contribution in [1.29, 1.82) is 0 Å². The van der Waals surface area contributed by atoms with E-state index >= 15 is 0 Å². The van der Waals surface area contributed by atoms with Gasteiger partial charge in [0.1, 0.15) is 5.82 Å². The van der Waals surface area contributed by atoms with Crippen molar-refractivity contribution in [1.82, 2.24) is 0 Å². The predicted octanol–water partition coefficient (Wildman–Crippen LogP) is 6.59. The highest BCUT2D eigenvalue weighted by Crippen LogP contribution is 2.29. The van der Waals surface area contributed by atoms with Gasteiger partial charge >= 0.3 is 0 Å². The highest BCUT2D eigenvalue weighted by atomic mass is 79.9. The van der Waals surface area contributed by atoms with E-state index < -0.39 is 0 Å². The number of hydrogen-bond donors (Lipinski definition) is 1. The lowest BCUT2D eigenvalue weighted by molar-refractivity contribution is 0.616. The smallest absolute Gasteiger partial charge is 0.123 e. The Kier molecular flexibility index (Phi) is 6.07. The van der Waals surface area contributed by atoms with Gasteiger partial charge in [0.25, 0.3) is 0 Å². The number of anilines is 1. The summed E-state index contributed by atoms with van der Waals surface area (Å²) in [5, 5.41) is 4.16. The Morgan fingerprint density at radius 3 is 2.52 bits per heavy atom. The third kappa shape index (κ3) is 4.72. The minimum absolute atomic E-state index is 0.155. The molecule has 1 unspecified atom stereocenters. The topological polar surface area (TPSA) is 12.0 Å². The van der Waals surface area contributed by atoms with Crippen LogP contribution in [0.2, 0.25) is 5.02 Å². The SMILES string of the molecule is CCCCC(Nc1ccc(Br)c(Cl)c1)c1ccc(F)cc1. The van der Waals surface area contributed by atoms with E-state index in [2.05, 4.69) is 28.2 Å². The molecule has 0 aromatic heterocycles. The van der Waals surface area contributed by atoms with Gasteiger partial charge in [-0.3, -0.25) is 0 Å². The van der Waals surface area contributed by atoms with E-state index in [0.29, 0.717) is 5.02 Å². The zero-order chi connectivity index (χ0) is 15.2. The molecule has 0 bridgehead atoms. The summed E-state index contributed by atoms with van der Waals surface area (Å²) in [5.74, 6) is -0.209. The fourth-order valence-electron chi connectivity index (χ4n) is 2.21. The standard InChI is InChI=1S/C17H18BrClFN/c1-2-3-4-17(12-5-7-13(20)8-6-12)21-14-9-10-15(18)16(19)11-14/h5-11,17,21H,2-4H2,1H3. The minimum Gasteiger partial charge on any atom is -0.378 e. The van der Waals surface area contributed by atoms with Crippen molar-refractivity contribution in [2.24, 2.45) is 0 Å². The molecule has 0 amide bonds. The first-order valence-electron chi connectivity index (χ1n) is 7.07. The Balaban J connectivity index is 2.19. The van der Waals surface area contributed by atoms with Gasteiger partial charge in [-0.05, 0) is 58.2 Å². The van der Waals surface area contributed by atoms with Crippen LogP contribution in [0.5, 0.6) is 0 Å². The average Bonchev–Trinajstić information content (AvgIpc) is 2.48. The maximum absolute atomic E-state index is 13.1. The molecule has 2 aromatic rings. The number of halogens is 3. The number of unbranched alkanes of at least 4 members (excludes halogenated alkanes) is 1. The highest BCUT2D eigenvalue weighted by molar-refractivity contribution is 9.10. The first-order valence-corrected chi connectivity index (χ1v) is 8.24. The van der Waals surface area contributed by atoms with E-state index in [9.17, 15) is 4.39 Å². The van der Waals surface area contributed by atoms with Crippen molar-refractivity contribution in [3.05, 3.63) is 63.3 Å². The number of hydrogen-bond acceptors (Lipinski definition) is 1. The molecule has 0 aliphatic carbocycles. The summed E-state index contributed by atoms with van der Waals surface area (Å²) in [7, 11) is 0. The van der Waals surface area contributed by atoms with E-state index in [-0.39, 0.29) is 11.9 Å². The highest BCUT2D eigenvalue weighted by Gasteiger charge is 2.12. The number of rotatable bonds is 6. The van der Waals surface area contributed by atoms with Crippen LogP contribution in [0.4, 0.5) is 10.1 Å². The van der Waals surface area contributed by atoms with Gasteiger partial charge in [-0.25, -0.2) is 4.39 Å². The summed E-state index contributed by atoms with van der Waals surface area (Å²) in [6, 6.07) is 12.6. The van der Waals surface area contributed by atoms with Crippen molar-refractivity contribution in [2.75, 3.05) is 5.32 Å². The van der Waals surface area contributed by atoms with Gasteiger partial charge in [-0.15, -0.1) is 0 Å². The van der Waals surface area contributed by atoms with Gasteiger partial charge in [0, 0.05) is 10.2 Å². The van der Waals surface area contributed by atoms with Crippen LogP contribution in [-0.2, 0) is 0 Å². The van der Waals surface area contributed by atoms with Gasteiger partial charge < -0.3 is 5.32 Å². The second-order valence-electron chi connectivity index (χ2n) is 5.02. The summed E-state index contributed by atoms with van der Waals surface area (Å²) in [4.78, 5) is 0. The molecule has 0 saturated heterocycles. The molecule has 1 atom stereocenters. The lowest BCUT2D eigenvalue weighted by Gasteiger charge is -2.20. The summed E-state index contributed by atoms with van der Waals surface area (Å²) >= 11 is 9.52. The van der Waals surface area contributed by atoms with Crippen LogP contribution < -0.4 is 5.32 Å². The van der Waals surface area contributed by atoms with Crippen LogP contribution in [0.3, 0.4) is 0 Å². The lowest BCUT2D eigenvalue weighted by Crippen LogP contribution is -2.11. The molecular weight excluding hydrogens is 353 g/mol. The average molecular weight is 371 g/mol. The first-order chi connectivity index (χ1) is 10.1. The Morgan fingerprint density at radius 1 is 1.19 bits per heavy atom. The van der Waals surface area contributed by atoms with Crippen molar-refractivity contribution in [3.63, 3.8) is 0 Å². The molecule has 2 rings (SSSR count). The third-order valence-corrected chi connectivity index (χ3v) is 4.61. The minimum atomic E-state index is -0.209. The molecule has 0 spiro atoms. The van der Waals surface area contributed by atoms with Gasteiger partial charge in [-0.2, -0.15) is 0 Å². The van der Waals surface area contributed by atoms with Crippen molar-refractivity contribution >= 4 is 33.2 Å². The van der Waals surface area contributed by atoms with Crippen LogP contribution >= 0.6 is 27.5 Å². The molecule has 0 aliphatic heterocycles. The molecule has 0 heterocycles. The van der Waals surface area contributed by atoms with Crippen LogP contribution in [0.1, 0.15) is 37.8 Å². The Bertz CT molecular complexity index is 586. The normalized spacial score (nSPS) is 12.2. The summed E-state index contributed by atoms with van der Waals surface area (Å²) in [6.45, 7) is 2.16. The molecule has 2 aromatic carbocycles. The molecule has 0 saturated carbocycles. The fourth-order valence-corrected chi connectivity index (χ4v) is 2.64. The van der Waals surface area contributed by atoms with Gasteiger partial charge in [0.15, 0.2) is 0 Å². The second-order valence-corrected chi connectivity index (χ2v) is 6.28. The van der Waals surface area contributed by atoms with Crippen LogP contribution in [-0.4, -0.2) is 0 Å². The van der Waals surface area contributed by atoms with Crippen LogP contribution in [0.25, 0.3) is 0 Å². The van der Waals surface area contributed by atoms with Crippen molar-refractivity contribution in [3.8, 4) is 0 Å². The van der Waals surface area contributed by atoms with E-state index in [1.807, 2.05) is 30.3 Å². The number of nitrogens with one attached hydrogen (secondary N) is 1. The van der Waals surface area contributed by atoms with Crippen LogP contribution in [0.15, 0.2) is 46.9 Å². The molecule has 112 valence electrons. The van der Waals surface area contributed by atoms with E-state index in [1.54, 1.807) is 0 Å². The van der Waals surface area contributed by atoms with Gasteiger partial charge in [0.05, 0.1) is 11.1 Å². The molecule has 0 aliphatic rings. The Labute approximate surface area is 138 Å². The zero-order valence-corrected chi connectivity index (χ0v) is 14.2. The molecule has 1 nitrogen and oxygen atoms in total. The largest absolute Gasteiger partial charge is 0.378 e. The van der Waals surface area contributed by atoms with Crippen LogP contribution in [0, 0.1) is 5.82 Å². The third-order valence-electron chi connectivity index (χ3n) is 3.38. The fraction of sp³-hybridized carbons (Fsp3) is 0.294. The number of benzene rings is 2. The van der Waals surface area contributed by atoms with E-state index in [0.717, 1.165) is 35.0 Å². The molecule has 0 radical (unpaired) electrons.